The molecule has 110 valence electrons. The first-order valence-corrected chi connectivity index (χ1v) is 6.76. The molecule has 0 saturated heterocycles. The monoisotopic (exact) mass is 279 g/mol. The molecule has 0 aliphatic carbocycles. The summed E-state index contributed by atoms with van der Waals surface area (Å²) in [4.78, 5) is 22.8. The summed E-state index contributed by atoms with van der Waals surface area (Å²) in [5.74, 6) is -1.76. The van der Waals surface area contributed by atoms with Crippen molar-refractivity contribution in [1.29, 1.82) is 0 Å². The van der Waals surface area contributed by atoms with Crippen LogP contribution in [-0.2, 0) is 11.2 Å². The number of hydrogen-bond acceptors (Lipinski definition) is 3. The van der Waals surface area contributed by atoms with Crippen molar-refractivity contribution in [2.24, 2.45) is 0 Å². The molecule has 0 aliphatic rings. The van der Waals surface area contributed by atoms with Gasteiger partial charge in [-0.2, -0.15) is 0 Å². The van der Waals surface area contributed by atoms with E-state index in [1.54, 1.807) is 12.1 Å². The molecule has 0 unspecified atom stereocenters. The van der Waals surface area contributed by atoms with E-state index in [1.165, 1.54) is 6.92 Å². The SMILES string of the molecule is CCCCc1ccc(C(=O)N[C@H](C(=O)O)[C@@H](C)O)cc1. The van der Waals surface area contributed by atoms with Gasteiger partial charge in [0.15, 0.2) is 6.04 Å². The van der Waals surface area contributed by atoms with Crippen LogP contribution in [0.25, 0.3) is 0 Å². The molecule has 0 fully saturated rings. The third-order valence-electron chi connectivity index (χ3n) is 3.07. The van der Waals surface area contributed by atoms with E-state index in [1.807, 2.05) is 12.1 Å². The van der Waals surface area contributed by atoms with Crippen LogP contribution < -0.4 is 5.32 Å². The molecule has 0 spiro atoms. The Labute approximate surface area is 118 Å². The summed E-state index contributed by atoms with van der Waals surface area (Å²) < 4.78 is 0. The lowest BCUT2D eigenvalue weighted by Gasteiger charge is -2.17. The summed E-state index contributed by atoms with van der Waals surface area (Å²) in [5, 5.41) is 20.5. The molecule has 0 bridgehead atoms. The van der Waals surface area contributed by atoms with Crippen molar-refractivity contribution in [3.05, 3.63) is 35.4 Å². The number of carbonyl (C=O) groups excluding carboxylic acids is 1. The maximum absolute atomic E-state index is 11.9. The molecule has 1 aromatic carbocycles. The molecule has 1 aromatic rings. The molecule has 0 heterocycles. The van der Waals surface area contributed by atoms with Crippen molar-refractivity contribution in [1.82, 2.24) is 5.32 Å². The molecule has 5 heteroatoms. The molecule has 2 atom stereocenters. The van der Waals surface area contributed by atoms with Crippen LogP contribution in [0.2, 0.25) is 0 Å². The number of rotatable bonds is 7. The fourth-order valence-corrected chi connectivity index (χ4v) is 1.82. The second-order valence-corrected chi connectivity index (χ2v) is 4.83. The second-order valence-electron chi connectivity index (χ2n) is 4.83. The first-order chi connectivity index (χ1) is 9.45. The highest BCUT2D eigenvalue weighted by atomic mass is 16.4. The first kappa shape index (κ1) is 16.2. The van der Waals surface area contributed by atoms with Gasteiger partial charge in [0.25, 0.3) is 5.91 Å². The minimum Gasteiger partial charge on any atom is -0.480 e. The van der Waals surface area contributed by atoms with E-state index in [9.17, 15) is 14.7 Å². The van der Waals surface area contributed by atoms with Gasteiger partial charge in [0, 0.05) is 5.56 Å². The number of aliphatic carboxylic acids is 1. The summed E-state index contributed by atoms with van der Waals surface area (Å²) in [6, 6.07) is 5.76. The summed E-state index contributed by atoms with van der Waals surface area (Å²) in [6.45, 7) is 3.44. The number of benzene rings is 1. The van der Waals surface area contributed by atoms with Crippen LogP contribution in [0.3, 0.4) is 0 Å². The Kier molecular flexibility index (Phi) is 6.18. The van der Waals surface area contributed by atoms with E-state index in [0.29, 0.717) is 5.56 Å². The fourth-order valence-electron chi connectivity index (χ4n) is 1.82. The number of hydrogen-bond donors (Lipinski definition) is 3. The van der Waals surface area contributed by atoms with Gasteiger partial charge in [0.05, 0.1) is 6.10 Å². The Hall–Kier alpha value is -1.88. The lowest BCUT2D eigenvalue weighted by molar-refractivity contribution is -0.141. The Morgan fingerprint density at radius 2 is 1.85 bits per heavy atom. The van der Waals surface area contributed by atoms with Gasteiger partial charge in [-0.1, -0.05) is 25.5 Å². The van der Waals surface area contributed by atoms with E-state index in [0.717, 1.165) is 24.8 Å². The molecule has 20 heavy (non-hydrogen) atoms. The van der Waals surface area contributed by atoms with Gasteiger partial charge in [-0.05, 0) is 37.5 Å². The van der Waals surface area contributed by atoms with Crippen LogP contribution >= 0.6 is 0 Å². The zero-order valence-electron chi connectivity index (χ0n) is 11.8. The summed E-state index contributed by atoms with van der Waals surface area (Å²) in [6.07, 6.45) is 2.01. The highest BCUT2D eigenvalue weighted by Gasteiger charge is 2.25. The highest BCUT2D eigenvalue weighted by Crippen LogP contribution is 2.08. The van der Waals surface area contributed by atoms with E-state index < -0.39 is 24.0 Å². The Bertz CT molecular complexity index is 453. The molecular formula is C15H21NO4. The Morgan fingerprint density at radius 3 is 2.30 bits per heavy atom. The number of carbonyl (C=O) groups is 2. The van der Waals surface area contributed by atoms with Gasteiger partial charge in [-0.3, -0.25) is 4.79 Å². The standard InChI is InChI=1S/C15H21NO4/c1-3-4-5-11-6-8-12(9-7-11)14(18)16-13(10(2)17)15(19)20/h6-10,13,17H,3-5H2,1-2H3,(H,16,18)(H,19,20)/t10-,13+/m1/s1. The number of aliphatic hydroxyl groups is 1. The third-order valence-corrected chi connectivity index (χ3v) is 3.07. The van der Waals surface area contributed by atoms with Crippen LogP contribution in [-0.4, -0.2) is 34.2 Å². The lowest BCUT2D eigenvalue weighted by atomic mass is 10.1. The van der Waals surface area contributed by atoms with Gasteiger partial charge >= 0.3 is 5.97 Å². The summed E-state index contributed by atoms with van der Waals surface area (Å²) in [5.41, 5.74) is 1.53. The molecule has 1 amide bonds. The molecule has 3 N–H and O–H groups in total. The quantitative estimate of drug-likeness (QED) is 0.707. The van der Waals surface area contributed by atoms with Crippen molar-refractivity contribution in [3.8, 4) is 0 Å². The molecule has 1 rings (SSSR count). The number of carboxylic acid groups (broad SMARTS) is 1. The van der Waals surface area contributed by atoms with Crippen molar-refractivity contribution in [2.45, 2.75) is 45.3 Å². The van der Waals surface area contributed by atoms with Crippen LogP contribution in [0, 0.1) is 0 Å². The minimum atomic E-state index is -1.30. The number of unbranched alkanes of at least 4 members (excludes halogenated alkanes) is 1. The summed E-state index contributed by atoms with van der Waals surface area (Å²) in [7, 11) is 0. The molecule has 0 aromatic heterocycles. The average Bonchev–Trinajstić information content (AvgIpc) is 2.42. The number of amides is 1. The molecule has 5 nitrogen and oxygen atoms in total. The normalized spacial score (nSPS) is 13.6. The van der Waals surface area contributed by atoms with Crippen LogP contribution in [0.4, 0.5) is 0 Å². The van der Waals surface area contributed by atoms with E-state index in [4.69, 9.17) is 5.11 Å². The number of aryl methyl sites for hydroxylation is 1. The maximum Gasteiger partial charge on any atom is 0.328 e. The van der Waals surface area contributed by atoms with E-state index in [-0.39, 0.29) is 0 Å². The zero-order valence-corrected chi connectivity index (χ0v) is 11.8. The lowest BCUT2D eigenvalue weighted by Crippen LogP contribution is -2.47. The summed E-state index contributed by atoms with van der Waals surface area (Å²) >= 11 is 0. The number of carboxylic acids is 1. The van der Waals surface area contributed by atoms with Gasteiger partial charge in [0.2, 0.25) is 0 Å². The second kappa shape index (κ2) is 7.65. The van der Waals surface area contributed by atoms with Crippen molar-refractivity contribution in [2.75, 3.05) is 0 Å². The number of nitrogens with one attached hydrogen (secondary N) is 1. The van der Waals surface area contributed by atoms with Crippen LogP contribution in [0.5, 0.6) is 0 Å². The van der Waals surface area contributed by atoms with Crippen molar-refractivity contribution >= 4 is 11.9 Å². The van der Waals surface area contributed by atoms with Crippen LogP contribution in [0.15, 0.2) is 24.3 Å². The first-order valence-electron chi connectivity index (χ1n) is 6.76. The average molecular weight is 279 g/mol. The van der Waals surface area contributed by atoms with E-state index >= 15 is 0 Å². The molecule has 0 saturated carbocycles. The van der Waals surface area contributed by atoms with Gasteiger partial charge in [-0.15, -0.1) is 0 Å². The van der Waals surface area contributed by atoms with E-state index in [2.05, 4.69) is 12.2 Å². The number of aliphatic hydroxyl groups excluding tert-OH is 1. The third kappa shape index (κ3) is 4.66. The highest BCUT2D eigenvalue weighted by molar-refractivity contribution is 5.96. The largest absolute Gasteiger partial charge is 0.480 e. The zero-order chi connectivity index (χ0) is 15.1. The smallest absolute Gasteiger partial charge is 0.328 e. The van der Waals surface area contributed by atoms with Gasteiger partial charge in [0.1, 0.15) is 0 Å². The fraction of sp³-hybridized carbons (Fsp3) is 0.467. The van der Waals surface area contributed by atoms with Crippen molar-refractivity contribution < 1.29 is 19.8 Å². The topological polar surface area (TPSA) is 86.6 Å². The Balaban J connectivity index is 2.69. The van der Waals surface area contributed by atoms with Crippen LogP contribution in [0.1, 0.15) is 42.6 Å². The maximum atomic E-state index is 11.9. The molecular weight excluding hydrogens is 258 g/mol. The Morgan fingerprint density at radius 1 is 1.25 bits per heavy atom. The van der Waals surface area contributed by atoms with Crippen molar-refractivity contribution in [3.63, 3.8) is 0 Å². The molecule has 0 aliphatic heterocycles. The predicted octanol–water partition coefficient (Wildman–Crippen LogP) is 1.59. The molecule has 0 radical (unpaired) electrons. The predicted molar refractivity (Wildman–Crippen MR) is 75.6 cm³/mol. The van der Waals surface area contributed by atoms with Gasteiger partial charge < -0.3 is 15.5 Å². The minimum absolute atomic E-state index is 0.386. The van der Waals surface area contributed by atoms with Gasteiger partial charge in [-0.25, -0.2) is 4.79 Å².